The Morgan fingerprint density at radius 1 is 1.04 bits per heavy atom. The van der Waals surface area contributed by atoms with Crippen LogP contribution in [0, 0.1) is 13.8 Å². The van der Waals surface area contributed by atoms with E-state index in [4.69, 9.17) is 4.74 Å². The fourth-order valence-corrected chi connectivity index (χ4v) is 2.83. The molecular formula is C22H24N4O2. The lowest BCUT2D eigenvalue weighted by Gasteiger charge is -2.10. The number of nitrogens with one attached hydrogen (secondary N) is 2. The zero-order chi connectivity index (χ0) is 19.9. The Bertz CT molecular complexity index is 972. The standard InChI is InChI=1S/C22H24N4O2/c1-15-6-4-8-18(12-15)25-21(27)20-13-16(2)24-22(26-20)23-11-10-17-7-5-9-19(14-17)28-3/h4-9,12-14H,10-11H2,1-3H3,(H,25,27)(H,23,24,26). The predicted octanol–water partition coefficient (Wildman–Crippen LogP) is 4.01. The number of methoxy groups -OCH3 is 1. The number of carbonyl (C=O) groups excluding carboxylic acids is 1. The summed E-state index contributed by atoms with van der Waals surface area (Å²) in [6.07, 6.45) is 0.791. The number of rotatable bonds is 7. The molecule has 0 saturated carbocycles. The van der Waals surface area contributed by atoms with E-state index < -0.39 is 0 Å². The summed E-state index contributed by atoms with van der Waals surface area (Å²) in [6, 6.07) is 17.3. The van der Waals surface area contributed by atoms with Crippen LogP contribution >= 0.6 is 0 Å². The van der Waals surface area contributed by atoms with E-state index in [1.54, 1.807) is 13.2 Å². The van der Waals surface area contributed by atoms with Gasteiger partial charge in [-0.3, -0.25) is 4.79 Å². The highest BCUT2D eigenvalue weighted by molar-refractivity contribution is 6.03. The molecule has 1 heterocycles. The Hall–Kier alpha value is -3.41. The van der Waals surface area contributed by atoms with Crippen LogP contribution in [0.4, 0.5) is 11.6 Å². The SMILES string of the molecule is COc1cccc(CCNc2nc(C)cc(C(=O)Nc3cccc(C)c3)n2)c1. The monoisotopic (exact) mass is 376 g/mol. The zero-order valence-corrected chi connectivity index (χ0v) is 16.3. The second-order valence-electron chi connectivity index (χ2n) is 6.57. The summed E-state index contributed by atoms with van der Waals surface area (Å²) in [4.78, 5) is 21.3. The molecule has 0 fully saturated rings. The Balaban J connectivity index is 1.64. The minimum atomic E-state index is -0.257. The lowest BCUT2D eigenvalue weighted by Crippen LogP contribution is -2.17. The van der Waals surface area contributed by atoms with Crippen LogP contribution in [0.2, 0.25) is 0 Å². The van der Waals surface area contributed by atoms with Gasteiger partial charge in [-0.25, -0.2) is 9.97 Å². The quantitative estimate of drug-likeness (QED) is 0.652. The van der Waals surface area contributed by atoms with E-state index in [1.807, 2.05) is 62.4 Å². The van der Waals surface area contributed by atoms with Crippen LogP contribution < -0.4 is 15.4 Å². The molecule has 0 unspecified atom stereocenters. The van der Waals surface area contributed by atoms with Gasteiger partial charge in [-0.2, -0.15) is 0 Å². The molecule has 0 aliphatic heterocycles. The van der Waals surface area contributed by atoms with E-state index in [1.165, 1.54) is 0 Å². The first-order chi connectivity index (χ1) is 13.5. The molecule has 3 rings (SSSR count). The van der Waals surface area contributed by atoms with Crippen LogP contribution in [-0.4, -0.2) is 29.5 Å². The fourth-order valence-electron chi connectivity index (χ4n) is 2.83. The average molecular weight is 376 g/mol. The predicted molar refractivity (Wildman–Crippen MR) is 111 cm³/mol. The molecule has 144 valence electrons. The molecule has 3 aromatic rings. The average Bonchev–Trinajstić information content (AvgIpc) is 2.68. The van der Waals surface area contributed by atoms with Gasteiger partial charge in [0.15, 0.2) is 0 Å². The first kappa shape index (κ1) is 19.4. The van der Waals surface area contributed by atoms with Crippen LogP contribution in [0.15, 0.2) is 54.6 Å². The van der Waals surface area contributed by atoms with Crippen LogP contribution in [-0.2, 0) is 6.42 Å². The number of hydrogen-bond donors (Lipinski definition) is 2. The number of anilines is 2. The normalized spacial score (nSPS) is 10.4. The second-order valence-corrected chi connectivity index (χ2v) is 6.57. The highest BCUT2D eigenvalue weighted by atomic mass is 16.5. The number of hydrogen-bond acceptors (Lipinski definition) is 5. The molecule has 2 aromatic carbocycles. The van der Waals surface area contributed by atoms with Gasteiger partial charge in [-0.15, -0.1) is 0 Å². The number of aromatic nitrogens is 2. The van der Waals surface area contributed by atoms with E-state index in [0.29, 0.717) is 18.2 Å². The van der Waals surface area contributed by atoms with Crippen molar-refractivity contribution in [3.8, 4) is 5.75 Å². The number of aryl methyl sites for hydroxylation is 2. The molecule has 0 aliphatic carbocycles. The van der Waals surface area contributed by atoms with Crippen molar-refractivity contribution in [3.05, 3.63) is 77.1 Å². The van der Waals surface area contributed by atoms with Crippen molar-refractivity contribution >= 4 is 17.5 Å². The van der Waals surface area contributed by atoms with Crippen molar-refractivity contribution < 1.29 is 9.53 Å². The van der Waals surface area contributed by atoms with Crippen molar-refractivity contribution in [1.82, 2.24) is 9.97 Å². The number of ether oxygens (including phenoxy) is 1. The van der Waals surface area contributed by atoms with E-state index in [9.17, 15) is 4.79 Å². The first-order valence-electron chi connectivity index (χ1n) is 9.14. The van der Waals surface area contributed by atoms with E-state index in [0.717, 1.165) is 34.7 Å². The smallest absolute Gasteiger partial charge is 0.274 e. The third-order valence-electron chi connectivity index (χ3n) is 4.19. The highest BCUT2D eigenvalue weighted by Gasteiger charge is 2.11. The minimum Gasteiger partial charge on any atom is -0.497 e. The van der Waals surface area contributed by atoms with Crippen LogP contribution in [0.3, 0.4) is 0 Å². The lowest BCUT2D eigenvalue weighted by atomic mass is 10.1. The summed E-state index contributed by atoms with van der Waals surface area (Å²) >= 11 is 0. The number of nitrogens with zero attached hydrogens (tertiary/aromatic N) is 2. The van der Waals surface area contributed by atoms with Gasteiger partial charge in [0, 0.05) is 17.9 Å². The first-order valence-corrected chi connectivity index (χ1v) is 9.14. The summed E-state index contributed by atoms with van der Waals surface area (Å²) < 4.78 is 5.24. The maximum absolute atomic E-state index is 12.6. The van der Waals surface area contributed by atoms with Gasteiger partial charge >= 0.3 is 0 Å². The molecule has 6 nitrogen and oxygen atoms in total. The number of benzene rings is 2. The Labute approximate surface area is 165 Å². The number of carbonyl (C=O) groups is 1. The van der Waals surface area contributed by atoms with Crippen molar-refractivity contribution in [2.24, 2.45) is 0 Å². The van der Waals surface area contributed by atoms with Gasteiger partial charge in [-0.05, 0) is 61.7 Å². The zero-order valence-electron chi connectivity index (χ0n) is 16.3. The summed E-state index contributed by atoms with van der Waals surface area (Å²) in [5.74, 6) is 1.02. The summed E-state index contributed by atoms with van der Waals surface area (Å²) in [6.45, 7) is 4.47. The Morgan fingerprint density at radius 2 is 1.86 bits per heavy atom. The second kappa shape index (κ2) is 8.99. The van der Waals surface area contributed by atoms with Crippen molar-refractivity contribution in [2.45, 2.75) is 20.3 Å². The Morgan fingerprint density at radius 3 is 2.64 bits per heavy atom. The van der Waals surface area contributed by atoms with Crippen molar-refractivity contribution in [1.29, 1.82) is 0 Å². The molecule has 1 aromatic heterocycles. The molecule has 1 amide bonds. The molecule has 2 N–H and O–H groups in total. The van der Waals surface area contributed by atoms with Gasteiger partial charge in [0.25, 0.3) is 5.91 Å². The fraction of sp³-hybridized carbons (Fsp3) is 0.227. The van der Waals surface area contributed by atoms with Crippen LogP contribution in [0.25, 0.3) is 0 Å². The van der Waals surface area contributed by atoms with Gasteiger partial charge < -0.3 is 15.4 Å². The largest absolute Gasteiger partial charge is 0.497 e. The van der Waals surface area contributed by atoms with Gasteiger partial charge in [0.1, 0.15) is 11.4 Å². The molecular weight excluding hydrogens is 352 g/mol. The topological polar surface area (TPSA) is 76.1 Å². The van der Waals surface area contributed by atoms with E-state index >= 15 is 0 Å². The summed E-state index contributed by atoms with van der Waals surface area (Å²) in [5, 5.41) is 6.07. The molecule has 0 bridgehead atoms. The minimum absolute atomic E-state index is 0.257. The molecule has 6 heteroatoms. The van der Waals surface area contributed by atoms with Gasteiger partial charge in [-0.1, -0.05) is 24.3 Å². The van der Waals surface area contributed by atoms with E-state index in [-0.39, 0.29) is 5.91 Å². The molecule has 28 heavy (non-hydrogen) atoms. The van der Waals surface area contributed by atoms with Crippen molar-refractivity contribution in [2.75, 3.05) is 24.3 Å². The number of amides is 1. The highest BCUT2D eigenvalue weighted by Crippen LogP contribution is 2.14. The summed E-state index contributed by atoms with van der Waals surface area (Å²) in [7, 11) is 1.65. The molecule has 0 spiro atoms. The maximum Gasteiger partial charge on any atom is 0.274 e. The van der Waals surface area contributed by atoms with Crippen molar-refractivity contribution in [3.63, 3.8) is 0 Å². The Kier molecular flexibility index (Phi) is 6.22. The molecule has 0 radical (unpaired) electrons. The lowest BCUT2D eigenvalue weighted by molar-refractivity contribution is 0.102. The third kappa shape index (κ3) is 5.30. The molecule has 0 aliphatic rings. The third-order valence-corrected chi connectivity index (χ3v) is 4.19. The van der Waals surface area contributed by atoms with Crippen LogP contribution in [0.5, 0.6) is 5.75 Å². The maximum atomic E-state index is 12.6. The van der Waals surface area contributed by atoms with E-state index in [2.05, 4.69) is 20.6 Å². The molecule has 0 atom stereocenters. The van der Waals surface area contributed by atoms with Crippen LogP contribution in [0.1, 0.15) is 27.3 Å². The summed E-state index contributed by atoms with van der Waals surface area (Å²) in [5.41, 5.74) is 4.04. The molecule has 0 saturated heterocycles. The van der Waals surface area contributed by atoms with Gasteiger partial charge in [0.05, 0.1) is 7.11 Å². The van der Waals surface area contributed by atoms with Gasteiger partial charge in [0.2, 0.25) is 5.95 Å².